The lowest BCUT2D eigenvalue weighted by molar-refractivity contribution is 0.483. The van der Waals surface area contributed by atoms with Crippen molar-refractivity contribution >= 4 is 23.5 Å². The quantitative estimate of drug-likeness (QED) is 0.339. The Kier molecular flexibility index (Phi) is 2.97. The lowest BCUT2D eigenvalue weighted by Gasteiger charge is -2.21. The molecule has 2 heterocycles. The summed E-state index contributed by atoms with van der Waals surface area (Å²) in [5.41, 5.74) is 0. The Morgan fingerprint density at radius 1 is 1.12 bits per heavy atom. The summed E-state index contributed by atoms with van der Waals surface area (Å²) in [4.78, 5) is 9.13. The molecule has 0 saturated heterocycles. The largest absolute Gasteiger partial charge is 0.313 e. The summed E-state index contributed by atoms with van der Waals surface area (Å²) in [5.74, 6) is -2.95. The minimum atomic E-state index is -1.40. The number of rotatable bonds is 1. The fraction of sp³-hybridized carbons (Fsp3) is 0. The van der Waals surface area contributed by atoms with Gasteiger partial charge < -0.3 is 0 Å². The number of halogens is 5. The second kappa shape index (κ2) is 4.28. The van der Waals surface area contributed by atoms with E-state index in [0.29, 0.717) is 11.0 Å². The van der Waals surface area contributed by atoms with Crippen molar-refractivity contribution in [3.05, 3.63) is 35.6 Å². The van der Waals surface area contributed by atoms with Gasteiger partial charge in [-0.15, -0.1) is 0 Å². The van der Waals surface area contributed by atoms with Crippen LogP contribution in [0.4, 0.5) is 23.4 Å². The molecule has 0 aliphatic carbocycles. The van der Waals surface area contributed by atoms with Gasteiger partial charge in [0.2, 0.25) is 11.9 Å². The molecule has 89 valence electrons. The third-order valence-electron chi connectivity index (χ3n) is 1.73. The van der Waals surface area contributed by atoms with Crippen molar-refractivity contribution in [2.45, 2.75) is 0 Å². The number of anilines is 1. The van der Waals surface area contributed by atoms with Gasteiger partial charge in [0, 0.05) is 6.07 Å². The fourth-order valence-corrected chi connectivity index (χ4v) is 1.21. The molecule has 0 amide bonds. The molecular weight excluding hydrogens is 264 g/mol. The molecule has 0 N–H and O–H groups in total. The molecule has 0 spiro atoms. The van der Waals surface area contributed by atoms with E-state index in [0.717, 1.165) is 6.54 Å². The van der Waals surface area contributed by atoms with E-state index in [4.69, 9.17) is 11.6 Å². The van der Waals surface area contributed by atoms with E-state index in [1.54, 1.807) is 0 Å². The van der Waals surface area contributed by atoms with Gasteiger partial charge in [-0.3, -0.25) is 4.90 Å². The number of aromatic nitrogens is 2. The minimum absolute atomic E-state index is 0.485. The van der Waals surface area contributed by atoms with Crippen LogP contribution in [0, 0.1) is 18.6 Å². The molecule has 0 fully saturated rings. The van der Waals surface area contributed by atoms with Crippen LogP contribution in [0.2, 0.25) is 0 Å². The normalized spacial score (nSPS) is 16.3. The zero-order valence-electron chi connectivity index (χ0n) is 7.83. The zero-order chi connectivity index (χ0) is 12.6. The summed E-state index contributed by atoms with van der Waals surface area (Å²) >= 11 is 5.36. The highest BCUT2D eigenvalue weighted by Crippen LogP contribution is 2.27. The van der Waals surface area contributed by atoms with Gasteiger partial charge in [-0.25, -0.2) is 0 Å². The average molecular weight is 266 g/mol. The maximum absolute atomic E-state index is 13.2. The summed E-state index contributed by atoms with van der Waals surface area (Å²) in [7, 11) is 0. The minimum Gasteiger partial charge on any atom is -0.275 e. The smallest absolute Gasteiger partial charge is 0.275 e. The van der Waals surface area contributed by atoms with E-state index >= 15 is 0 Å². The van der Waals surface area contributed by atoms with Crippen molar-refractivity contribution in [3.63, 3.8) is 0 Å². The van der Waals surface area contributed by atoms with Crippen LogP contribution in [0.1, 0.15) is 0 Å². The molecule has 1 radical (unpaired) electrons. The Morgan fingerprint density at radius 3 is 2.47 bits per heavy atom. The first-order chi connectivity index (χ1) is 7.97. The highest BCUT2D eigenvalue weighted by atomic mass is 35.5. The maximum Gasteiger partial charge on any atom is 0.313 e. The first-order valence-electron chi connectivity index (χ1n) is 4.11. The van der Waals surface area contributed by atoms with E-state index in [1.807, 2.05) is 0 Å². The molecule has 0 saturated carbocycles. The van der Waals surface area contributed by atoms with E-state index in [9.17, 15) is 17.6 Å². The third-order valence-corrected chi connectivity index (χ3v) is 1.98. The molecule has 1 aliphatic rings. The van der Waals surface area contributed by atoms with Crippen LogP contribution in [-0.4, -0.2) is 16.1 Å². The lowest BCUT2D eigenvalue weighted by Crippen LogP contribution is -2.29. The molecule has 1 aromatic heterocycles. The standard InChI is InChI=1S/C8H2ClF4N4/c9-3-2-17(8(13)16-6(3)11)5-1-4(10)14-7(12)15-5/h1-2H. The fourth-order valence-electron chi connectivity index (χ4n) is 1.07. The van der Waals surface area contributed by atoms with Crippen LogP contribution in [0.3, 0.4) is 0 Å². The van der Waals surface area contributed by atoms with Gasteiger partial charge in [0.05, 0.1) is 5.03 Å². The van der Waals surface area contributed by atoms with Gasteiger partial charge in [-0.05, 0) is 0 Å². The predicted octanol–water partition coefficient (Wildman–Crippen LogP) is 2.44. The Morgan fingerprint density at radius 2 is 1.82 bits per heavy atom. The van der Waals surface area contributed by atoms with Crippen LogP contribution >= 0.6 is 11.6 Å². The first kappa shape index (κ1) is 11.8. The molecular formula is C8H2ClF4N4. The lowest BCUT2D eigenvalue weighted by atomic mass is 10.4. The third kappa shape index (κ3) is 2.36. The monoisotopic (exact) mass is 265 g/mol. The molecule has 17 heavy (non-hydrogen) atoms. The van der Waals surface area contributed by atoms with Gasteiger partial charge >= 0.3 is 6.08 Å². The number of aliphatic imine (C=N–C) groups is 1. The maximum atomic E-state index is 13.2. The molecule has 1 aliphatic heterocycles. The second-order valence-electron chi connectivity index (χ2n) is 2.84. The summed E-state index contributed by atoms with van der Waals surface area (Å²) in [6.45, 7) is 0.750. The van der Waals surface area contributed by atoms with E-state index < -0.39 is 34.9 Å². The van der Waals surface area contributed by atoms with Gasteiger partial charge in [0.25, 0.3) is 6.09 Å². The van der Waals surface area contributed by atoms with Gasteiger partial charge in [0.1, 0.15) is 12.4 Å². The van der Waals surface area contributed by atoms with Gasteiger partial charge in [0.15, 0.2) is 0 Å². The summed E-state index contributed by atoms with van der Waals surface area (Å²) < 4.78 is 51.5. The number of amidine groups is 1. The van der Waals surface area contributed by atoms with Crippen LogP contribution in [0.5, 0.6) is 0 Å². The van der Waals surface area contributed by atoms with Gasteiger partial charge in [-0.1, -0.05) is 11.6 Å². The molecule has 0 aromatic carbocycles. The van der Waals surface area contributed by atoms with Crippen molar-refractivity contribution in [2.75, 3.05) is 4.90 Å². The van der Waals surface area contributed by atoms with Crippen LogP contribution in [0.25, 0.3) is 0 Å². The van der Waals surface area contributed by atoms with Crippen molar-refractivity contribution in [1.29, 1.82) is 0 Å². The summed E-state index contributed by atoms with van der Waals surface area (Å²) in [5, 5.41) is -0.522. The van der Waals surface area contributed by atoms with Crippen LogP contribution in [-0.2, 0) is 0 Å². The van der Waals surface area contributed by atoms with Crippen molar-refractivity contribution in [2.24, 2.45) is 4.99 Å². The average Bonchev–Trinajstić information content (AvgIpc) is 2.22. The molecule has 0 unspecified atom stereocenters. The molecule has 0 bridgehead atoms. The number of hydrogen-bond acceptors (Lipinski definition) is 4. The number of hydrogen-bond donors (Lipinski definition) is 0. The Bertz CT molecular complexity index is 510. The second-order valence-corrected chi connectivity index (χ2v) is 3.24. The van der Waals surface area contributed by atoms with E-state index in [-0.39, 0.29) is 0 Å². The topological polar surface area (TPSA) is 41.4 Å². The predicted molar refractivity (Wildman–Crippen MR) is 51.3 cm³/mol. The van der Waals surface area contributed by atoms with Gasteiger partial charge in [-0.2, -0.15) is 32.5 Å². The number of nitrogens with zero attached hydrogens (tertiary/aromatic N) is 4. The highest BCUT2D eigenvalue weighted by Gasteiger charge is 2.25. The molecule has 9 heteroatoms. The Hall–Kier alpha value is -1.70. The molecule has 2 rings (SSSR count). The molecule has 1 aromatic rings. The zero-order valence-corrected chi connectivity index (χ0v) is 8.59. The highest BCUT2D eigenvalue weighted by molar-refractivity contribution is 6.32. The SMILES string of the molecule is FC1=NC(F)=C(Cl)[CH]N1c1cc(F)nc(F)n1. The van der Waals surface area contributed by atoms with Crippen molar-refractivity contribution in [3.8, 4) is 0 Å². The van der Waals surface area contributed by atoms with Crippen LogP contribution < -0.4 is 4.90 Å². The molecule has 4 nitrogen and oxygen atoms in total. The van der Waals surface area contributed by atoms with Crippen molar-refractivity contribution in [1.82, 2.24) is 9.97 Å². The summed E-state index contributed by atoms with van der Waals surface area (Å²) in [6, 6.07) is 0.641. The van der Waals surface area contributed by atoms with E-state index in [1.165, 1.54) is 0 Å². The first-order valence-corrected chi connectivity index (χ1v) is 4.49. The van der Waals surface area contributed by atoms with Crippen LogP contribution in [0.15, 0.2) is 22.0 Å². The Balaban J connectivity index is 2.40. The van der Waals surface area contributed by atoms with Crippen molar-refractivity contribution < 1.29 is 17.6 Å². The Labute approximate surface area is 97.3 Å². The summed E-state index contributed by atoms with van der Waals surface area (Å²) in [6.07, 6.45) is -2.75. The van der Waals surface area contributed by atoms with E-state index in [2.05, 4.69) is 15.0 Å². The molecule has 0 atom stereocenters.